The minimum Gasteiger partial charge on any atom is -0.457 e. The van der Waals surface area contributed by atoms with E-state index in [2.05, 4.69) is 50.3 Å². The van der Waals surface area contributed by atoms with E-state index in [1.165, 1.54) is 141 Å². The number of esters is 1. The van der Waals surface area contributed by atoms with E-state index in [4.69, 9.17) is 18.9 Å². The van der Waals surface area contributed by atoms with Gasteiger partial charge < -0.3 is 39.4 Å². The number of aliphatic hydroxyl groups is 4. The van der Waals surface area contributed by atoms with E-state index in [0.29, 0.717) is 13.0 Å². The summed E-state index contributed by atoms with van der Waals surface area (Å²) in [6, 6.07) is 0. The first-order valence-electron chi connectivity index (χ1n) is 25.1. The zero-order valence-electron chi connectivity index (χ0n) is 38.7. The summed E-state index contributed by atoms with van der Waals surface area (Å²) in [4.78, 5) is 12.8. The maximum absolute atomic E-state index is 12.8. The lowest BCUT2D eigenvalue weighted by Crippen LogP contribution is -2.59. The Bertz CT molecular complexity index is 1010. The highest BCUT2D eigenvalue weighted by Gasteiger charge is 2.44. The number of hydrogen-bond donors (Lipinski definition) is 4. The minimum atomic E-state index is -1.54. The molecule has 6 atom stereocenters. The summed E-state index contributed by atoms with van der Waals surface area (Å²) in [5.74, 6) is -0.326. The van der Waals surface area contributed by atoms with Crippen LogP contribution in [-0.4, -0.2) is 89.6 Å². The number of carbonyl (C=O) groups is 1. The summed E-state index contributed by atoms with van der Waals surface area (Å²) >= 11 is 0. The molecule has 4 N–H and O–H groups in total. The molecule has 9 nitrogen and oxygen atoms in total. The van der Waals surface area contributed by atoms with E-state index in [-0.39, 0.29) is 19.2 Å². The van der Waals surface area contributed by atoms with Crippen LogP contribution in [0.2, 0.25) is 0 Å². The van der Waals surface area contributed by atoms with Gasteiger partial charge in [-0.05, 0) is 70.6 Å². The van der Waals surface area contributed by atoms with Gasteiger partial charge in [0.1, 0.15) is 30.5 Å². The van der Waals surface area contributed by atoms with Crippen LogP contribution in [0.3, 0.4) is 0 Å². The predicted molar refractivity (Wildman–Crippen MR) is 247 cm³/mol. The molecule has 1 heterocycles. The normalized spacial score (nSPS) is 20.3. The Kier molecular flexibility index (Phi) is 40.2. The fourth-order valence-electron chi connectivity index (χ4n) is 7.58. The van der Waals surface area contributed by atoms with Gasteiger partial charge in [0.05, 0.1) is 19.8 Å². The fraction of sp³-hybridized carbons (Fsp3) is 0.863. The Balaban J connectivity index is 2.20. The number of allylic oxidation sites excluding steroid dienone is 6. The van der Waals surface area contributed by atoms with Crippen LogP contribution in [0.15, 0.2) is 36.5 Å². The maximum atomic E-state index is 12.8. The number of hydrogen-bond acceptors (Lipinski definition) is 9. The molecule has 0 saturated carbocycles. The third-order valence-corrected chi connectivity index (χ3v) is 11.5. The molecule has 1 rings (SSSR count). The first-order valence-corrected chi connectivity index (χ1v) is 25.1. The van der Waals surface area contributed by atoms with Gasteiger partial charge in [0.25, 0.3) is 0 Å². The molecular formula is C51H94O9. The number of carbonyl (C=O) groups excluding carboxylic acids is 1. The van der Waals surface area contributed by atoms with E-state index >= 15 is 0 Å². The summed E-state index contributed by atoms with van der Waals surface area (Å²) in [7, 11) is 0. The second-order valence-electron chi connectivity index (χ2n) is 17.3. The molecule has 1 aliphatic heterocycles. The van der Waals surface area contributed by atoms with Gasteiger partial charge in [0.2, 0.25) is 0 Å². The summed E-state index contributed by atoms with van der Waals surface area (Å²) in [6.07, 6.45) is 44.6. The highest BCUT2D eigenvalue weighted by atomic mass is 16.7. The maximum Gasteiger partial charge on any atom is 0.306 e. The van der Waals surface area contributed by atoms with Crippen molar-refractivity contribution in [1.29, 1.82) is 0 Å². The van der Waals surface area contributed by atoms with Crippen molar-refractivity contribution >= 4 is 5.97 Å². The molecule has 352 valence electrons. The van der Waals surface area contributed by atoms with Crippen LogP contribution in [-0.2, 0) is 23.7 Å². The number of aliphatic hydroxyl groups excluding tert-OH is 4. The lowest BCUT2D eigenvalue weighted by molar-refractivity contribution is -0.305. The van der Waals surface area contributed by atoms with Crippen LogP contribution in [0.5, 0.6) is 0 Å². The van der Waals surface area contributed by atoms with E-state index in [1.807, 2.05) is 0 Å². The summed E-state index contributed by atoms with van der Waals surface area (Å²) in [5.41, 5.74) is 0. The molecule has 6 unspecified atom stereocenters. The van der Waals surface area contributed by atoms with Gasteiger partial charge in [-0.25, -0.2) is 0 Å². The van der Waals surface area contributed by atoms with Crippen LogP contribution in [0.1, 0.15) is 219 Å². The Morgan fingerprint density at radius 3 is 1.48 bits per heavy atom. The molecule has 60 heavy (non-hydrogen) atoms. The van der Waals surface area contributed by atoms with Crippen molar-refractivity contribution in [2.24, 2.45) is 0 Å². The summed E-state index contributed by atoms with van der Waals surface area (Å²) < 4.78 is 22.9. The molecule has 0 aromatic carbocycles. The first kappa shape index (κ1) is 56.4. The van der Waals surface area contributed by atoms with Crippen molar-refractivity contribution in [2.75, 3.05) is 26.4 Å². The van der Waals surface area contributed by atoms with Crippen LogP contribution in [0, 0.1) is 0 Å². The van der Waals surface area contributed by atoms with Crippen LogP contribution in [0.4, 0.5) is 0 Å². The van der Waals surface area contributed by atoms with E-state index in [9.17, 15) is 25.2 Å². The zero-order valence-corrected chi connectivity index (χ0v) is 38.7. The number of unbranched alkanes of at least 4 members (excludes halogenated alkanes) is 26. The minimum absolute atomic E-state index is 0.118. The smallest absolute Gasteiger partial charge is 0.306 e. The van der Waals surface area contributed by atoms with E-state index < -0.39 is 43.4 Å². The average Bonchev–Trinajstić information content (AvgIpc) is 3.25. The van der Waals surface area contributed by atoms with Crippen LogP contribution >= 0.6 is 0 Å². The molecule has 1 aliphatic rings. The quantitative estimate of drug-likeness (QED) is 0.0269. The van der Waals surface area contributed by atoms with Crippen LogP contribution in [0.25, 0.3) is 0 Å². The second kappa shape index (κ2) is 42.7. The summed E-state index contributed by atoms with van der Waals surface area (Å²) in [6.45, 7) is 4.53. The highest BCUT2D eigenvalue weighted by Crippen LogP contribution is 2.23. The average molecular weight is 851 g/mol. The van der Waals surface area contributed by atoms with Crippen LogP contribution < -0.4 is 0 Å². The standard InChI is InChI=1S/C51H94O9/c1-3-5-7-9-11-13-15-17-19-20-21-22-23-24-25-27-29-31-33-35-37-39-41-57-43-45(44-58-51-50(56)49(55)48(54)46(42-52)60-51)59-47(53)40-38-36-34-32-30-28-26-18-16-14-12-10-8-6-4-2/h12,14,18,20-21,26,45-46,48-52,54-56H,3-11,13,15-17,19,22-25,27-44H2,1-2H3/b14-12-,21-20-,26-18-. The van der Waals surface area contributed by atoms with Gasteiger partial charge in [-0.15, -0.1) is 0 Å². The lowest BCUT2D eigenvalue weighted by atomic mass is 9.99. The topological polar surface area (TPSA) is 135 Å². The summed E-state index contributed by atoms with van der Waals surface area (Å²) in [5, 5.41) is 40.2. The SMILES string of the molecule is CCCCC/C=C\C/C=C\CCCCCCCC(=O)OC(COCCCCCCCCCCCC/C=C\CCCCCCCCCC)COC1OC(CO)C(O)C(O)C1O. The third kappa shape index (κ3) is 33.0. The molecule has 0 aromatic rings. The molecule has 0 spiro atoms. The highest BCUT2D eigenvalue weighted by molar-refractivity contribution is 5.69. The molecule has 0 bridgehead atoms. The van der Waals surface area contributed by atoms with Crippen molar-refractivity contribution in [2.45, 2.75) is 256 Å². The lowest BCUT2D eigenvalue weighted by Gasteiger charge is -2.39. The van der Waals surface area contributed by atoms with Crippen molar-refractivity contribution in [1.82, 2.24) is 0 Å². The largest absolute Gasteiger partial charge is 0.457 e. The van der Waals surface area contributed by atoms with Gasteiger partial charge in [-0.1, -0.05) is 179 Å². The first-order chi connectivity index (χ1) is 29.4. The third-order valence-electron chi connectivity index (χ3n) is 11.5. The number of rotatable bonds is 43. The van der Waals surface area contributed by atoms with E-state index in [1.54, 1.807) is 0 Å². The Labute approximate surface area is 368 Å². The van der Waals surface area contributed by atoms with Gasteiger partial charge in [-0.3, -0.25) is 4.79 Å². The van der Waals surface area contributed by atoms with E-state index in [0.717, 1.165) is 57.8 Å². The van der Waals surface area contributed by atoms with Crippen molar-refractivity contribution in [3.63, 3.8) is 0 Å². The predicted octanol–water partition coefficient (Wildman–Crippen LogP) is 11.9. The van der Waals surface area contributed by atoms with Crippen molar-refractivity contribution < 1.29 is 44.2 Å². The Morgan fingerprint density at radius 2 is 0.967 bits per heavy atom. The van der Waals surface area contributed by atoms with Gasteiger partial charge in [0, 0.05) is 13.0 Å². The fourth-order valence-corrected chi connectivity index (χ4v) is 7.58. The van der Waals surface area contributed by atoms with Crippen molar-refractivity contribution in [3.8, 4) is 0 Å². The second-order valence-corrected chi connectivity index (χ2v) is 17.3. The monoisotopic (exact) mass is 851 g/mol. The van der Waals surface area contributed by atoms with Crippen molar-refractivity contribution in [3.05, 3.63) is 36.5 Å². The van der Waals surface area contributed by atoms with Gasteiger partial charge in [0.15, 0.2) is 6.29 Å². The number of ether oxygens (including phenoxy) is 4. The molecule has 1 fully saturated rings. The van der Waals surface area contributed by atoms with Gasteiger partial charge in [-0.2, -0.15) is 0 Å². The molecule has 0 aliphatic carbocycles. The molecule has 0 radical (unpaired) electrons. The molecular weight excluding hydrogens is 757 g/mol. The Hall–Kier alpha value is -1.59. The molecule has 0 amide bonds. The zero-order chi connectivity index (χ0) is 43.6. The Morgan fingerprint density at radius 1 is 0.533 bits per heavy atom. The molecule has 9 heteroatoms. The molecule has 1 saturated heterocycles. The molecule has 0 aromatic heterocycles. The van der Waals surface area contributed by atoms with Gasteiger partial charge >= 0.3 is 5.97 Å².